The lowest BCUT2D eigenvalue weighted by molar-refractivity contribution is 0.104. The average Bonchev–Trinajstić information content (AvgIpc) is 2.88. The van der Waals surface area contributed by atoms with E-state index in [2.05, 4.69) is 0 Å². The quantitative estimate of drug-likeness (QED) is 0.859. The van der Waals surface area contributed by atoms with Gasteiger partial charge in [0.15, 0.2) is 5.78 Å². The smallest absolute Gasteiger partial charge is 0.379 e. The second-order valence-corrected chi connectivity index (χ2v) is 4.42. The molecule has 0 radical (unpaired) electrons. The van der Waals surface area contributed by atoms with Gasteiger partial charge in [-0.25, -0.2) is 4.79 Å². The molecule has 0 spiro atoms. The number of ether oxygens (including phenoxy) is 3. The fourth-order valence-electron chi connectivity index (χ4n) is 2.45. The van der Waals surface area contributed by atoms with Crippen molar-refractivity contribution in [2.75, 3.05) is 21.3 Å². The van der Waals surface area contributed by atoms with Gasteiger partial charge in [-0.15, -0.1) is 0 Å². The molecule has 3 aliphatic rings. The van der Waals surface area contributed by atoms with Crippen LogP contribution in [-0.4, -0.2) is 27.1 Å². The number of carbonyl (C=O) groups excluding carboxylic acids is 1. The maximum Gasteiger partial charge on any atom is 0.379 e. The zero-order valence-corrected chi connectivity index (χ0v) is 11.7. The first-order valence-corrected chi connectivity index (χ1v) is 6.14. The number of carbonyl (C=O) groups is 1. The highest BCUT2D eigenvalue weighted by molar-refractivity contribution is 6.17. The van der Waals surface area contributed by atoms with Crippen LogP contribution in [0.25, 0.3) is 17.1 Å². The highest BCUT2D eigenvalue weighted by Crippen LogP contribution is 2.40. The Hall–Kier alpha value is -2.76. The standard InChI is InChI=1S/C15H12O6/c1-18-10-5-9(16)13-7(10)4-8-11(6-12(13)19-2)21-15(17)14(8)20-3/h4-6H,1-3H3. The van der Waals surface area contributed by atoms with Crippen molar-refractivity contribution in [1.29, 1.82) is 0 Å². The maximum absolute atomic E-state index is 12.1. The second kappa shape index (κ2) is 4.66. The van der Waals surface area contributed by atoms with Gasteiger partial charge in [0.05, 0.1) is 32.5 Å². The summed E-state index contributed by atoms with van der Waals surface area (Å²) in [4.78, 5) is 23.9. The molecule has 6 heteroatoms. The minimum Gasteiger partial charge on any atom is -0.496 e. The van der Waals surface area contributed by atoms with Gasteiger partial charge in [0, 0.05) is 17.7 Å². The molecular formula is C15H12O6. The van der Waals surface area contributed by atoms with Crippen LogP contribution in [0.2, 0.25) is 0 Å². The Bertz CT molecular complexity index is 799. The molecule has 0 aromatic rings. The molecule has 0 saturated carbocycles. The van der Waals surface area contributed by atoms with Crippen molar-refractivity contribution >= 4 is 11.5 Å². The molecule has 108 valence electrons. The topological polar surface area (TPSA) is 75.0 Å². The largest absolute Gasteiger partial charge is 0.496 e. The average molecular weight is 288 g/mol. The van der Waals surface area contributed by atoms with Gasteiger partial charge < -0.3 is 18.6 Å². The first kappa shape index (κ1) is 13.2. The minimum atomic E-state index is -0.582. The first-order chi connectivity index (χ1) is 10.1. The highest BCUT2D eigenvalue weighted by atomic mass is 16.5. The van der Waals surface area contributed by atoms with Gasteiger partial charge in [0.1, 0.15) is 17.3 Å². The van der Waals surface area contributed by atoms with E-state index in [9.17, 15) is 9.59 Å². The Morgan fingerprint density at radius 3 is 2.33 bits per heavy atom. The number of methoxy groups -OCH3 is 3. The van der Waals surface area contributed by atoms with Crippen molar-refractivity contribution in [3.8, 4) is 22.8 Å². The van der Waals surface area contributed by atoms with Gasteiger partial charge >= 0.3 is 5.63 Å². The summed E-state index contributed by atoms with van der Waals surface area (Å²) in [6.45, 7) is 0. The molecule has 2 aliphatic carbocycles. The van der Waals surface area contributed by atoms with Crippen LogP contribution in [0.15, 0.2) is 27.4 Å². The molecule has 0 unspecified atom stereocenters. The third-order valence-corrected chi connectivity index (χ3v) is 3.38. The molecule has 1 aliphatic heterocycles. The van der Waals surface area contributed by atoms with Gasteiger partial charge in [0.25, 0.3) is 0 Å². The molecule has 0 saturated heterocycles. The minimum absolute atomic E-state index is 0.0836. The van der Waals surface area contributed by atoms with E-state index in [0.717, 1.165) is 0 Å². The molecule has 0 N–H and O–H groups in total. The fourth-order valence-corrected chi connectivity index (χ4v) is 2.45. The fraction of sp³-hybridized carbons (Fsp3) is 0.200. The number of rotatable bonds is 3. The van der Waals surface area contributed by atoms with E-state index < -0.39 is 5.63 Å². The SMILES string of the molecule is COC1=CC(=O)c2c(OC)cc3oc(=O)c(OC)c-3cc21. The van der Waals surface area contributed by atoms with E-state index in [1.807, 2.05) is 0 Å². The predicted octanol–water partition coefficient (Wildman–Crippen LogP) is 1.95. The Morgan fingerprint density at radius 2 is 1.71 bits per heavy atom. The van der Waals surface area contributed by atoms with Crippen LogP contribution in [0.5, 0.6) is 11.5 Å². The summed E-state index contributed by atoms with van der Waals surface area (Å²) in [5, 5.41) is 0. The Balaban J connectivity index is 2.43. The van der Waals surface area contributed by atoms with Gasteiger partial charge in [0.2, 0.25) is 5.75 Å². The number of ketones is 1. The summed E-state index contributed by atoms with van der Waals surface area (Å²) < 4.78 is 20.7. The molecule has 3 rings (SSSR count). The van der Waals surface area contributed by atoms with Crippen molar-refractivity contribution in [3.63, 3.8) is 0 Å². The lowest BCUT2D eigenvalue weighted by Gasteiger charge is -2.03. The van der Waals surface area contributed by atoms with Gasteiger partial charge in [-0.05, 0) is 6.07 Å². The summed E-state index contributed by atoms with van der Waals surface area (Å²) >= 11 is 0. The normalized spacial score (nSPS) is 13.1. The lowest BCUT2D eigenvalue weighted by atomic mass is 10.1. The number of hydrogen-bond acceptors (Lipinski definition) is 6. The summed E-state index contributed by atoms with van der Waals surface area (Å²) in [6, 6.07) is 3.14. The van der Waals surface area contributed by atoms with Crippen molar-refractivity contribution in [2.45, 2.75) is 0 Å². The zero-order valence-electron chi connectivity index (χ0n) is 11.7. The summed E-state index contributed by atoms with van der Waals surface area (Å²) in [6.07, 6.45) is 1.38. The lowest BCUT2D eigenvalue weighted by Crippen LogP contribution is -1.97. The molecule has 6 nitrogen and oxygen atoms in total. The van der Waals surface area contributed by atoms with E-state index in [4.69, 9.17) is 18.6 Å². The van der Waals surface area contributed by atoms with Gasteiger partial charge in [-0.1, -0.05) is 0 Å². The van der Waals surface area contributed by atoms with Crippen LogP contribution < -0.4 is 15.1 Å². The van der Waals surface area contributed by atoms with Crippen molar-refractivity contribution in [3.05, 3.63) is 39.8 Å². The Kier molecular flexibility index (Phi) is 2.94. The molecule has 0 aromatic carbocycles. The number of allylic oxidation sites excluding steroid dienone is 1. The number of fused-ring (bicyclic) bond motifs is 2. The van der Waals surface area contributed by atoms with E-state index in [-0.39, 0.29) is 17.3 Å². The Morgan fingerprint density at radius 1 is 0.952 bits per heavy atom. The highest BCUT2D eigenvalue weighted by Gasteiger charge is 2.29. The van der Waals surface area contributed by atoms with Crippen LogP contribution >= 0.6 is 0 Å². The van der Waals surface area contributed by atoms with Crippen LogP contribution in [-0.2, 0) is 4.74 Å². The summed E-state index contributed by atoms with van der Waals surface area (Å²) in [5.74, 6) is 0.857. The maximum atomic E-state index is 12.1. The molecule has 1 heterocycles. The molecule has 0 aromatic heterocycles. The summed E-state index contributed by atoms with van der Waals surface area (Å²) in [5.41, 5.74) is 0.783. The molecular weight excluding hydrogens is 276 g/mol. The number of hydrogen-bond donors (Lipinski definition) is 0. The van der Waals surface area contributed by atoms with Crippen LogP contribution in [0.3, 0.4) is 0 Å². The second-order valence-electron chi connectivity index (χ2n) is 4.42. The Labute approximate surface area is 119 Å². The summed E-state index contributed by atoms with van der Waals surface area (Å²) in [7, 11) is 4.29. The first-order valence-electron chi connectivity index (χ1n) is 6.14. The molecule has 0 bridgehead atoms. The third-order valence-electron chi connectivity index (χ3n) is 3.38. The van der Waals surface area contributed by atoms with E-state index >= 15 is 0 Å². The monoisotopic (exact) mass is 288 g/mol. The van der Waals surface area contributed by atoms with Crippen LogP contribution in [0.4, 0.5) is 0 Å². The van der Waals surface area contributed by atoms with Gasteiger partial charge in [-0.2, -0.15) is 0 Å². The predicted molar refractivity (Wildman–Crippen MR) is 74.0 cm³/mol. The zero-order chi connectivity index (χ0) is 15.1. The van der Waals surface area contributed by atoms with Crippen molar-refractivity contribution in [2.24, 2.45) is 0 Å². The van der Waals surface area contributed by atoms with Crippen LogP contribution in [0.1, 0.15) is 15.9 Å². The van der Waals surface area contributed by atoms with Crippen LogP contribution in [0, 0.1) is 0 Å². The molecule has 21 heavy (non-hydrogen) atoms. The van der Waals surface area contributed by atoms with Crippen molar-refractivity contribution in [1.82, 2.24) is 0 Å². The van der Waals surface area contributed by atoms with E-state index in [0.29, 0.717) is 28.2 Å². The third kappa shape index (κ3) is 1.79. The van der Waals surface area contributed by atoms with E-state index in [1.54, 1.807) is 6.07 Å². The van der Waals surface area contributed by atoms with Crippen molar-refractivity contribution < 1.29 is 23.4 Å². The molecule has 0 fully saturated rings. The molecule has 0 amide bonds. The van der Waals surface area contributed by atoms with Gasteiger partial charge in [-0.3, -0.25) is 4.79 Å². The molecule has 0 atom stereocenters. The van der Waals surface area contributed by atoms with E-state index in [1.165, 1.54) is 33.5 Å². The number of furan rings is 1.